The highest BCUT2D eigenvalue weighted by Gasteiger charge is 2.39. The molecule has 0 atom stereocenters. The molecule has 5 heteroatoms. The van der Waals surface area contributed by atoms with E-state index in [2.05, 4.69) is 260 Å². The molecule has 0 unspecified atom stereocenters. The Morgan fingerprint density at radius 1 is 0.400 bits per heavy atom. The number of aryl methyl sites for hydroxylation is 2. The zero-order valence-corrected chi connectivity index (χ0v) is 40.4. The number of rotatable bonds is 5. The van der Waals surface area contributed by atoms with Gasteiger partial charge in [0.2, 0.25) is 0 Å². The third-order valence-electron chi connectivity index (χ3n) is 15.4. The first-order valence-electron chi connectivity index (χ1n) is 24.4. The summed E-state index contributed by atoms with van der Waals surface area (Å²) < 4.78 is 4.92. The number of anilines is 3. The van der Waals surface area contributed by atoms with Gasteiger partial charge in [0.15, 0.2) is 0 Å². The molecule has 10 aromatic carbocycles. The van der Waals surface area contributed by atoms with Gasteiger partial charge in [0.25, 0.3) is 5.99 Å². The second-order valence-electron chi connectivity index (χ2n) is 19.8. The van der Waals surface area contributed by atoms with Crippen LogP contribution in [0.3, 0.4) is 0 Å². The zero-order valence-electron chi connectivity index (χ0n) is 39.6. The Labute approximate surface area is 413 Å². The SMILES string of the molecule is Cc1cc(-c2ccccc2)cc(C)c1B1Sc2ccccc2-c2cc(N3c4ccc(-n5c6ccccc6c6ccccc65)cc4C(C)(C)c4cc(-n5c6ccccc6c6ccccc65)ccc43)ccc21. The van der Waals surface area contributed by atoms with Crippen LogP contribution in [0.15, 0.2) is 223 Å². The quantitative estimate of drug-likeness (QED) is 0.160. The molecule has 2 aliphatic rings. The van der Waals surface area contributed by atoms with Crippen molar-refractivity contribution in [3.8, 4) is 33.6 Å². The van der Waals surface area contributed by atoms with E-state index in [4.69, 9.17) is 0 Å². The maximum atomic E-state index is 2.55. The molecule has 0 fully saturated rings. The predicted octanol–water partition coefficient (Wildman–Crippen LogP) is 16.2. The average molecular weight is 914 g/mol. The minimum atomic E-state index is -0.367. The topological polar surface area (TPSA) is 13.1 Å². The van der Waals surface area contributed by atoms with E-state index in [0.29, 0.717) is 0 Å². The average Bonchev–Trinajstić information content (AvgIpc) is 3.92. The van der Waals surface area contributed by atoms with Crippen LogP contribution in [0.4, 0.5) is 17.1 Å². The molecular weight excluding hydrogens is 866 g/mol. The fraction of sp³-hybridized carbons (Fsp3) is 0.0769. The number of nitrogens with zero attached hydrogens (tertiary/aromatic N) is 3. The smallest absolute Gasteiger partial charge is 0.281 e. The van der Waals surface area contributed by atoms with Crippen molar-refractivity contribution in [2.75, 3.05) is 4.90 Å². The molecule has 2 aliphatic heterocycles. The highest BCUT2D eigenvalue weighted by molar-refractivity contribution is 8.28. The van der Waals surface area contributed by atoms with Gasteiger partial charge in [-0.2, -0.15) is 11.6 Å². The van der Waals surface area contributed by atoms with Gasteiger partial charge in [-0.1, -0.05) is 175 Å². The van der Waals surface area contributed by atoms with E-state index < -0.39 is 0 Å². The van der Waals surface area contributed by atoms with Crippen LogP contribution in [-0.4, -0.2) is 15.1 Å². The second kappa shape index (κ2) is 15.5. The number of hydrogen-bond acceptors (Lipinski definition) is 2. The molecule has 0 saturated carbocycles. The molecule has 14 rings (SSSR count). The fourth-order valence-electron chi connectivity index (χ4n) is 12.2. The third kappa shape index (κ3) is 6.04. The van der Waals surface area contributed by atoms with Crippen molar-refractivity contribution in [2.24, 2.45) is 0 Å². The largest absolute Gasteiger partial charge is 0.310 e. The number of benzene rings is 10. The van der Waals surface area contributed by atoms with Crippen molar-refractivity contribution in [3.05, 3.63) is 241 Å². The summed E-state index contributed by atoms with van der Waals surface area (Å²) in [7, 11) is 0. The lowest BCUT2D eigenvalue weighted by Crippen LogP contribution is -2.45. The van der Waals surface area contributed by atoms with Crippen molar-refractivity contribution < 1.29 is 0 Å². The molecule has 0 spiro atoms. The van der Waals surface area contributed by atoms with E-state index in [9.17, 15) is 0 Å². The van der Waals surface area contributed by atoms with Crippen LogP contribution in [-0.2, 0) is 5.41 Å². The van der Waals surface area contributed by atoms with Gasteiger partial charge in [0.1, 0.15) is 0 Å². The van der Waals surface area contributed by atoms with Crippen LogP contribution >= 0.6 is 11.6 Å². The molecule has 70 heavy (non-hydrogen) atoms. The molecular formula is C65H48BN3S. The third-order valence-corrected chi connectivity index (χ3v) is 16.8. The van der Waals surface area contributed by atoms with Crippen molar-refractivity contribution in [1.29, 1.82) is 0 Å². The summed E-state index contributed by atoms with van der Waals surface area (Å²) in [5.74, 6) is 0.145. The Morgan fingerprint density at radius 3 is 1.39 bits per heavy atom. The number of para-hydroxylation sites is 4. The van der Waals surface area contributed by atoms with Crippen LogP contribution in [0, 0.1) is 13.8 Å². The first-order chi connectivity index (χ1) is 34.3. The van der Waals surface area contributed by atoms with Crippen molar-refractivity contribution in [1.82, 2.24) is 9.13 Å². The summed E-state index contributed by atoms with van der Waals surface area (Å²) in [6, 6.07) is 81.6. The van der Waals surface area contributed by atoms with E-state index in [0.717, 1.165) is 17.1 Å². The zero-order chi connectivity index (χ0) is 46.8. The molecule has 0 aliphatic carbocycles. The summed E-state index contributed by atoms with van der Waals surface area (Å²) >= 11 is 1.99. The minimum absolute atomic E-state index is 0.145. The van der Waals surface area contributed by atoms with Gasteiger partial charge < -0.3 is 14.0 Å². The lowest BCUT2D eigenvalue weighted by atomic mass is 9.56. The summed E-state index contributed by atoms with van der Waals surface area (Å²) in [5, 5.41) is 5.06. The minimum Gasteiger partial charge on any atom is -0.310 e. The molecule has 12 aromatic rings. The lowest BCUT2D eigenvalue weighted by Gasteiger charge is -2.43. The second-order valence-corrected chi connectivity index (χ2v) is 20.9. The highest BCUT2D eigenvalue weighted by Crippen LogP contribution is 2.54. The van der Waals surface area contributed by atoms with Crippen LogP contribution in [0.25, 0.3) is 77.2 Å². The fourth-order valence-corrected chi connectivity index (χ4v) is 13.7. The van der Waals surface area contributed by atoms with Crippen molar-refractivity contribution >= 4 is 89.2 Å². The van der Waals surface area contributed by atoms with Gasteiger partial charge in [-0.3, -0.25) is 0 Å². The first-order valence-corrected chi connectivity index (χ1v) is 25.3. The van der Waals surface area contributed by atoms with Gasteiger partial charge in [-0.25, -0.2) is 0 Å². The van der Waals surface area contributed by atoms with Gasteiger partial charge >= 0.3 is 0 Å². The molecule has 0 radical (unpaired) electrons. The lowest BCUT2D eigenvalue weighted by molar-refractivity contribution is 0.631. The maximum Gasteiger partial charge on any atom is 0.281 e. The molecule has 3 nitrogen and oxygen atoms in total. The van der Waals surface area contributed by atoms with Gasteiger partial charge in [-0.15, -0.1) is 0 Å². The Balaban J connectivity index is 0.987. The molecule has 0 bridgehead atoms. The molecule has 4 heterocycles. The molecule has 0 N–H and O–H groups in total. The van der Waals surface area contributed by atoms with E-state index in [1.165, 1.54) is 115 Å². The normalized spacial score (nSPS) is 13.7. The first kappa shape index (κ1) is 41.0. The van der Waals surface area contributed by atoms with Crippen LogP contribution in [0.2, 0.25) is 0 Å². The predicted molar refractivity (Wildman–Crippen MR) is 300 cm³/mol. The maximum absolute atomic E-state index is 2.55. The molecule has 0 amide bonds. The van der Waals surface area contributed by atoms with E-state index in [1.54, 1.807) is 0 Å². The van der Waals surface area contributed by atoms with Crippen LogP contribution in [0.5, 0.6) is 0 Å². The standard InChI is InChI=1S/C65H48BN3S/c1-41-36-44(43-18-6-5-7-19-43)37-42(2)64(41)66-56-33-30-45(38-53(56)52-24-12-17-29-63(52)70-66)69-61-34-31-46(67-57-25-13-8-20-48(57)49-21-9-14-26-58(49)67)39-54(61)65(3,4)55-40-47(32-35-62(55)69)68-59-27-15-10-22-50(59)51-23-11-16-28-60(51)68/h5-40H,1-4H3. The van der Waals surface area contributed by atoms with Crippen LogP contribution in [0.1, 0.15) is 36.1 Å². The van der Waals surface area contributed by atoms with Gasteiger partial charge in [-0.05, 0) is 126 Å². The Bertz CT molecular complexity index is 3820. The Hall–Kier alpha value is -7.99. The molecule has 332 valence electrons. The monoisotopic (exact) mass is 913 g/mol. The van der Waals surface area contributed by atoms with Crippen LogP contribution < -0.4 is 15.8 Å². The van der Waals surface area contributed by atoms with Crippen molar-refractivity contribution in [2.45, 2.75) is 38.0 Å². The van der Waals surface area contributed by atoms with Crippen molar-refractivity contribution in [3.63, 3.8) is 0 Å². The summed E-state index contributed by atoms with van der Waals surface area (Å²) in [4.78, 5) is 3.86. The number of hydrogen-bond donors (Lipinski definition) is 0. The highest BCUT2D eigenvalue weighted by atomic mass is 32.2. The van der Waals surface area contributed by atoms with Gasteiger partial charge in [0.05, 0.1) is 33.4 Å². The summed E-state index contributed by atoms with van der Waals surface area (Å²) in [6.07, 6.45) is 0. The van der Waals surface area contributed by atoms with E-state index in [1.807, 2.05) is 11.6 Å². The number of aromatic nitrogens is 2. The number of fused-ring (bicyclic) bond motifs is 11. The van der Waals surface area contributed by atoms with Gasteiger partial charge in [0, 0.05) is 48.9 Å². The summed E-state index contributed by atoms with van der Waals surface area (Å²) in [5.41, 5.74) is 23.4. The Morgan fingerprint density at radius 2 is 0.857 bits per heavy atom. The Kier molecular flexibility index (Phi) is 9.09. The van der Waals surface area contributed by atoms with E-state index >= 15 is 0 Å². The molecule has 2 aromatic heterocycles. The van der Waals surface area contributed by atoms with E-state index in [-0.39, 0.29) is 11.4 Å². The summed E-state index contributed by atoms with van der Waals surface area (Å²) in [6.45, 7) is 9.45. The molecule has 0 saturated heterocycles.